The van der Waals surface area contributed by atoms with Crippen LogP contribution in [0.5, 0.6) is 0 Å². The second-order valence-electron chi connectivity index (χ2n) is 5.41. The zero-order valence-electron chi connectivity index (χ0n) is 13.8. The average molecular weight is 325 g/mol. The molecule has 1 aromatic rings. The van der Waals surface area contributed by atoms with Gasteiger partial charge in [-0.05, 0) is 43.5 Å². The third-order valence-corrected chi connectivity index (χ3v) is 4.06. The maximum absolute atomic E-state index is 12.0. The molecule has 22 heavy (non-hydrogen) atoms. The van der Waals surface area contributed by atoms with Crippen LogP contribution in [0.4, 0.5) is 5.69 Å². The van der Waals surface area contributed by atoms with Crippen LogP contribution in [0.1, 0.15) is 39.2 Å². The van der Waals surface area contributed by atoms with Crippen molar-refractivity contribution in [2.45, 2.75) is 40.5 Å². The highest BCUT2D eigenvalue weighted by molar-refractivity contribution is 6.30. The summed E-state index contributed by atoms with van der Waals surface area (Å²) in [5.74, 6) is 0.0478. The van der Waals surface area contributed by atoms with Crippen molar-refractivity contribution in [3.63, 3.8) is 0 Å². The second kappa shape index (κ2) is 8.79. The molecule has 0 saturated carbocycles. The summed E-state index contributed by atoms with van der Waals surface area (Å²) in [6, 6.07) is 5.43. The van der Waals surface area contributed by atoms with E-state index < -0.39 is 0 Å². The topological polar surface area (TPSA) is 49.4 Å². The molecule has 0 spiro atoms. The number of anilines is 1. The van der Waals surface area contributed by atoms with E-state index in [-0.39, 0.29) is 17.7 Å². The van der Waals surface area contributed by atoms with Gasteiger partial charge in [-0.1, -0.05) is 25.4 Å². The van der Waals surface area contributed by atoms with Gasteiger partial charge in [0.1, 0.15) is 0 Å². The van der Waals surface area contributed by atoms with Crippen molar-refractivity contribution in [3.05, 3.63) is 28.8 Å². The fourth-order valence-electron chi connectivity index (χ4n) is 2.46. The minimum absolute atomic E-state index is 0.0445. The lowest BCUT2D eigenvalue weighted by Crippen LogP contribution is -2.39. The smallest absolute Gasteiger partial charge is 0.223 e. The Hall–Kier alpha value is -1.55. The van der Waals surface area contributed by atoms with Crippen LogP contribution < -0.4 is 10.2 Å². The minimum Gasteiger partial charge on any atom is -0.354 e. The van der Waals surface area contributed by atoms with Crippen LogP contribution in [-0.2, 0) is 9.59 Å². The number of carbonyl (C=O) groups is 2. The Labute approximate surface area is 137 Å². The van der Waals surface area contributed by atoms with Gasteiger partial charge in [-0.3, -0.25) is 9.59 Å². The zero-order chi connectivity index (χ0) is 16.7. The predicted molar refractivity (Wildman–Crippen MR) is 91.3 cm³/mol. The maximum Gasteiger partial charge on any atom is 0.223 e. The van der Waals surface area contributed by atoms with Crippen LogP contribution in [0, 0.1) is 12.8 Å². The molecule has 0 bridgehead atoms. The molecule has 1 N–H and O–H groups in total. The SMILES string of the molecule is CCC(CC)C(=O)NCCN(C(C)=O)c1ccc(Cl)cc1C. The molecule has 0 aromatic heterocycles. The fraction of sp³-hybridized carbons (Fsp3) is 0.529. The van der Waals surface area contributed by atoms with Gasteiger partial charge in [0.05, 0.1) is 0 Å². The van der Waals surface area contributed by atoms with Gasteiger partial charge in [0.25, 0.3) is 0 Å². The Morgan fingerprint density at radius 1 is 1.27 bits per heavy atom. The molecule has 0 fully saturated rings. The van der Waals surface area contributed by atoms with E-state index in [1.807, 2.05) is 32.9 Å². The fourth-order valence-corrected chi connectivity index (χ4v) is 2.69. The summed E-state index contributed by atoms with van der Waals surface area (Å²) in [7, 11) is 0. The Morgan fingerprint density at radius 2 is 1.91 bits per heavy atom. The number of hydrogen-bond acceptors (Lipinski definition) is 2. The first-order valence-electron chi connectivity index (χ1n) is 7.72. The van der Waals surface area contributed by atoms with Gasteiger partial charge in [0, 0.05) is 36.6 Å². The highest BCUT2D eigenvalue weighted by Gasteiger charge is 2.16. The molecule has 1 aromatic carbocycles. The monoisotopic (exact) mass is 324 g/mol. The summed E-state index contributed by atoms with van der Waals surface area (Å²) < 4.78 is 0. The Bertz CT molecular complexity index is 527. The van der Waals surface area contributed by atoms with E-state index in [1.54, 1.807) is 11.0 Å². The molecule has 0 unspecified atom stereocenters. The lowest BCUT2D eigenvalue weighted by atomic mass is 10.0. The van der Waals surface area contributed by atoms with Crippen molar-refractivity contribution in [1.29, 1.82) is 0 Å². The molecule has 0 aliphatic rings. The summed E-state index contributed by atoms with van der Waals surface area (Å²) in [6.45, 7) is 8.34. The molecule has 5 heteroatoms. The molecule has 122 valence electrons. The molecule has 1 rings (SSSR count). The number of benzene rings is 1. The number of carbonyl (C=O) groups excluding carboxylic acids is 2. The lowest BCUT2D eigenvalue weighted by Gasteiger charge is -2.24. The summed E-state index contributed by atoms with van der Waals surface area (Å²) in [5.41, 5.74) is 1.77. The first-order chi connectivity index (χ1) is 10.4. The van der Waals surface area contributed by atoms with Gasteiger partial charge in [0.15, 0.2) is 0 Å². The first kappa shape index (κ1) is 18.5. The molecule has 0 atom stereocenters. The molecular weight excluding hydrogens is 300 g/mol. The van der Waals surface area contributed by atoms with Crippen molar-refractivity contribution in [1.82, 2.24) is 5.32 Å². The predicted octanol–water partition coefficient (Wildman–Crippen LogP) is 3.55. The zero-order valence-corrected chi connectivity index (χ0v) is 14.5. The number of halogens is 1. The van der Waals surface area contributed by atoms with Crippen LogP contribution in [0.15, 0.2) is 18.2 Å². The Kier molecular flexibility index (Phi) is 7.39. The number of nitrogens with one attached hydrogen (secondary N) is 1. The summed E-state index contributed by atoms with van der Waals surface area (Å²) in [6.07, 6.45) is 1.66. The summed E-state index contributed by atoms with van der Waals surface area (Å²) in [5, 5.41) is 3.56. The van der Waals surface area contributed by atoms with Gasteiger partial charge in [-0.25, -0.2) is 0 Å². The number of amides is 2. The third-order valence-electron chi connectivity index (χ3n) is 3.82. The molecule has 4 nitrogen and oxygen atoms in total. The quantitative estimate of drug-likeness (QED) is 0.833. The van der Waals surface area contributed by atoms with E-state index >= 15 is 0 Å². The van der Waals surface area contributed by atoms with Crippen molar-refractivity contribution >= 4 is 29.1 Å². The van der Waals surface area contributed by atoms with Crippen LogP contribution in [0.2, 0.25) is 5.02 Å². The van der Waals surface area contributed by atoms with Gasteiger partial charge in [-0.15, -0.1) is 0 Å². The van der Waals surface area contributed by atoms with E-state index in [9.17, 15) is 9.59 Å². The normalized spacial score (nSPS) is 10.6. The van der Waals surface area contributed by atoms with Crippen LogP contribution in [0.3, 0.4) is 0 Å². The van der Waals surface area contributed by atoms with E-state index in [4.69, 9.17) is 11.6 Å². The van der Waals surface area contributed by atoms with E-state index in [0.29, 0.717) is 18.1 Å². The largest absolute Gasteiger partial charge is 0.354 e. The highest BCUT2D eigenvalue weighted by Crippen LogP contribution is 2.23. The second-order valence-corrected chi connectivity index (χ2v) is 5.84. The maximum atomic E-state index is 12.0. The minimum atomic E-state index is -0.0535. The standard InChI is InChI=1S/C17H25ClN2O2/c1-5-14(6-2)17(22)19-9-10-20(13(4)21)16-8-7-15(18)11-12(16)3/h7-8,11,14H,5-6,9-10H2,1-4H3,(H,19,22). The Balaban J connectivity index is 2.70. The van der Waals surface area contributed by atoms with Gasteiger partial charge < -0.3 is 10.2 Å². The van der Waals surface area contributed by atoms with Gasteiger partial charge in [0.2, 0.25) is 11.8 Å². The lowest BCUT2D eigenvalue weighted by molar-refractivity contribution is -0.125. The molecule has 2 amide bonds. The number of aryl methyl sites for hydroxylation is 1. The average Bonchev–Trinajstić information content (AvgIpc) is 2.45. The van der Waals surface area contributed by atoms with Crippen molar-refractivity contribution in [2.24, 2.45) is 5.92 Å². The summed E-state index contributed by atoms with van der Waals surface area (Å²) >= 11 is 5.95. The molecule has 0 heterocycles. The van der Waals surface area contributed by atoms with E-state index in [0.717, 1.165) is 24.1 Å². The molecule has 0 aliphatic heterocycles. The number of hydrogen-bond donors (Lipinski definition) is 1. The highest BCUT2D eigenvalue weighted by atomic mass is 35.5. The third kappa shape index (κ3) is 5.02. The molecule has 0 saturated heterocycles. The molecule has 0 radical (unpaired) electrons. The van der Waals surface area contributed by atoms with E-state index in [2.05, 4.69) is 5.32 Å². The molecular formula is C17H25ClN2O2. The Morgan fingerprint density at radius 3 is 2.41 bits per heavy atom. The number of rotatable bonds is 7. The van der Waals surface area contributed by atoms with Gasteiger partial charge >= 0.3 is 0 Å². The van der Waals surface area contributed by atoms with Gasteiger partial charge in [-0.2, -0.15) is 0 Å². The van der Waals surface area contributed by atoms with Crippen LogP contribution in [-0.4, -0.2) is 24.9 Å². The first-order valence-corrected chi connectivity index (χ1v) is 8.10. The number of nitrogens with zero attached hydrogens (tertiary/aromatic N) is 1. The van der Waals surface area contributed by atoms with Crippen molar-refractivity contribution in [3.8, 4) is 0 Å². The van der Waals surface area contributed by atoms with Crippen LogP contribution >= 0.6 is 11.6 Å². The van der Waals surface area contributed by atoms with Crippen LogP contribution in [0.25, 0.3) is 0 Å². The van der Waals surface area contributed by atoms with Crippen molar-refractivity contribution in [2.75, 3.05) is 18.0 Å². The molecule has 0 aliphatic carbocycles. The van der Waals surface area contributed by atoms with Crippen molar-refractivity contribution < 1.29 is 9.59 Å². The van der Waals surface area contributed by atoms with E-state index in [1.165, 1.54) is 6.92 Å². The summed E-state index contributed by atoms with van der Waals surface area (Å²) in [4.78, 5) is 25.5.